The summed E-state index contributed by atoms with van der Waals surface area (Å²) in [6.07, 6.45) is 0.375. The number of thioether (sulfide) groups is 1. The molecular formula is C20H19BrClNO4S. The van der Waals surface area contributed by atoms with Gasteiger partial charge in [0, 0.05) is 11.1 Å². The van der Waals surface area contributed by atoms with Gasteiger partial charge in [-0.15, -0.1) is 0 Å². The van der Waals surface area contributed by atoms with Gasteiger partial charge in [-0.05, 0) is 72.1 Å². The normalized spacial score (nSPS) is 16.6. The highest BCUT2D eigenvalue weighted by Crippen LogP contribution is 2.38. The quantitative estimate of drug-likeness (QED) is 0.504. The van der Waals surface area contributed by atoms with Crippen LogP contribution in [-0.2, 0) is 11.2 Å². The minimum absolute atomic E-state index is 0.246. The molecular weight excluding hydrogens is 466 g/mol. The number of anilines is 1. The number of benzene rings is 2. The van der Waals surface area contributed by atoms with Crippen LogP contribution in [0.25, 0.3) is 0 Å². The van der Waals surface area contributed by atoms with E-state index >= 15 is 0 Å². The maximum atomic E-state index is 12.9. The number of amides is 2. The molecule has 0 bridgehead atoms. The first-order valence-corrected chi connectivity index (χ1v) is 10.9. The van der Waals surface area contributed by atoms with Crippen LogP contribution < -0.4 is 14.4 Å². The van der Waals surface area contributed by atoms with Gasteiger partial charge in [0.25, 0.3) is 5.24 Å². The molecule has 1 aliphatic rings. The van der Waals surface area contributed by atoms with Crippen molar-refractivity contribution in [1.29, 1.82) is 0 Å². The van der Waals surface area contributed by atoms with E-state index in [-0.39, 0.29) is 11.1 Å². The van der Waals surface area contributed by atoms with Crippen LogP contribution in [0.15, 0.2) is 40.9 Å². The van der Waals surface area contributed by atoms with Gasteiger partial charge in [0.15, 0.2) is 0 Å². The van der Waals surface area contributed by atoms with Gasteiger partial charge in [0.05, 0.1) is 28.6 Å². The summed E-state index contributed by atoms with van der Waals surface area (Å²) >= 11 is 10.4. The molecule has 1 atom stereocenters. The molecule has 1 aliphatic heterocycles. The fourth-order valence-electron chi connectivity index (χ4n) is 2.90. The highest BCUT2D eigenvalue weighted by molar-refractivity contribution is 9.10. The van der Waals surface area contributed by atoms with Crippen LogP contribution in [0.1, 0.15) is 19.4 Å². The van der Waals surface area contributed by atoms with Crippen molar-refractivity contribution < 1.29 is 19.1 Å². The Bertz CT molecular complexity index is 891. The number of nitrogens with zero attached hydrogens (tertiary/aromatic N) is 1. The van der Waals surface area contributed by atoms with Crippen molar-refractivity contribution in [3.8, 4) is 11.5 Å². The fourth-order valence-corrected chi connectivity index (χ4v) is 4.55. The van der Waals surface area contributed by atoms with Crippen LogP contribution in [0.4, 0.5) is 10.5 Å². The minimum atomic E-state index is -0.521. The van der Waals surface area contributed by atoms with Crippen LogP contribution in [0, 0.1) is 0 Å². The number of ether oxygens (including phenoxy) is 2. The molecule has 2 aromatic rings. The lowest BCUT2D eigenvalue weighted by Crippen LogP contribution is -2.32. The van der Waals surface area contributed by atoms with Crippen molar-refractivity contribution in [3.05, 3.63) is 51.5 Å². The van der Waals surface area contributed by atoms with Crippen molar-refractivity contribution >= 4 is 56.1 Å². The number of carbonyl (C=O) groups excluding carboxylic acids is 2. The van der Waals surface area contributed by atoms with Gasteiger partial charge in [-0.2, -0.15) is 0 Å². The molecule has 5 nitrogen and oxygen atoms in total. The predicted octanol–water partition coefficient (Wildman–Crippen LogP) is 5.71. The smallest absolute Gasteiger partial charge is 0.293 e. The summed E-state index contributed by atoms with van der Waals surface area (Å²) in [5.74, 6) is 1.09. The molecule has 0 aromatic heterocycles. The molecule has 0 saturated carbocycles. The lowest BCUT2D eigenvalue weighted by molar-refractivity contribution is -0.117. The third-order valence-corrected chi connectivity index (χ3v) is 6.04. The Balaban J connectivity index is 1.85. The van der Waals surface area contributed by atoms with Gasteiger partial charge in [0.2, 0.25) is 5.91 Å². The summed E-state index contributed by atoms with van der Waals surface area (Å²) < 4.78 is 12.1. The van der Waals surface area contributed by atoms with Crippen LogP contribution in [0.5, 0.6) is 11.5 Å². The molecule has 3 rings (SSSR count). The van der Waals surface area contributed by atoms with E-state index in [0.717, 1.165) is 21.8 Å². The molecule has 28 heavy (non-hydrogen) atoms. The average Bonchev–Trinajstić information content (AvgIpc) is 2.93. The minimum Gasteiger partial charge on any atom is -0.493 e. The number of imide groups is 1. The Labute approximate surface area is 181 Å². The van der Waals surface area contributed by atoms with Crippen molar-refractivity contribution in [1.82, 2.24) is 0 Å². The summed E-state index contributed by atoms with van der Waals surface area (Å²) in [5, 5.41) is -0.264. The number of halogens is 2. The third kappa shape index (κ3) is 4.47. The first-order valence-electron chi connectivity index (χ1n) is 8.82. The monoisotopic (exact) mass is 483 g/mol. The van der Waals surface area contributed by atoms with Gasteiger partial charge in [-0.3, -0.25) is 9.59 Å². The van der Waals surface area contributed by atoms with Crippen molar-refractivity contribution in [2.24, 2.45) is 0 Å². The van der Waals surface area contributed by atoms with E-state index in [1.165, 1.54) is 4.90 Å². The SMILES string of the molecule is CCOc1cc(OCC)c(C[C@@H]2SC(=O)N(c3ccc(Cl)cc3)C2=O)cc1Br. The second-order valence-electron chi connectivity index (χ2n) is 5.98. The molecule has 0 spiro atoms. The predicted molar refractivity (Wildman–Crippen MR) is 116 cm³/mol. The Morgan fingerprint density at radius 2 is 1.71 bits per heavy atom. The molecule has 1 heterocycles. The molecule has 2 aromatic carbocycles. The Morgan fingerprint density at radius 1 is 1.07 bits per heavy atom. The van der Waals surface area contributed by atoms with E-state index in [4.69, 9.17) is 21.1 Å². The molecule has 8 heteroatoms. The van der Waals surface area contributed by atoms with Gasteiger partial charge < -0.3 is 9.47 Å². The van der Waals surface area contributed by atoms with E-state index in [1.807, 2.05) is 26.0 Å². The van der Waals surface area contributed by atoms with Gasteiger partial charge in [0.1, 0.15) is 11.5 Å². The largest absolute Gasteiger partial charge is 0.493 e. The molecule has 1 saturated heterocycles. The molecule has 0 N–H and O–H groups in total. The number of carbonyl (C=O) groups is 2. The second kappa shape index (κ2) is 9.20. The number of hydrogen-bond donors (Lipinski definition) is 0. The molecule has 1 fully saturated rings. The third-order valence-electron chi connectivity index (χ3n) is 4.13. The number of hydrogen-bond acceptors (Lipinski definition) is 5. The summed E-state index contributed by atoms with van der Waals surface area (Å²) in [5.41, 5.74) is 1.36. The van der Waals surface area contributed by atoms with E-state index in [2.05, 4.69) is 15.9 Å². The molecule has 0 unspecified atom stereocenters. The summed E-state index contributed by atoms with van der Waals surface area (Å²) in [7, 11) is 0. The average molecular weight is 485 g/mol. The number of rotatable bonds is 7. The highest BCUT2D eigenvalue weighted by atomic mass is 79.9. The van der Waals surface area contributed by atoms with Crippen LogP contribution >= 0.6 is 39.3 Å². The topological polar surface area (TPSA) is 55.8 Å². The Hall–Kier alpha value is -1.70. The zero-order valence-corrected chi connectivity index (χ0v) is 18.6. The van der Waals surface area contributed by atoms with Crippen molar-refractivity contribution in [2.75, 3.05) is 18.1 Å². The van der Waals surface area contributed by atoms with E-state index in [9.17, 15) is 9.59 Å². The Morgan fingerprint density at radius 3 is 2.36 bits per heavy atom. The maximum absolute atomic E-state index is 12.9. The van der Waals surface area contributed by atoms with Gasteiger partial charge >= 0.3 is 0 Å². The standard InChI is InChI=1S/C20H19BrClNO4S/c1-3-26-16-11-17(27-4-2)15(21)9-12(16)10-18-19(24)23(20(25)28-18)14-7-5-13(22)6-8-14/h5-9,11,18H,3-4,10H2,1-2H3/t18-/m0/s1. The van der Waals surface area contributed by atoms with Gasteiger partial charge in [-0.1, -0.05) is 23.4 Å². The molecule has 0 radical (unpaired) electrons. The molecule has 0 aliphatic carbocycles. The first kappa shape index (κ1) is 21.0. The van der Waals surface area contributed by atoms with Crippen LogP contribution in [0.3, 0.4) is 0 Å². The molecule has 148 valence electrons. The lowest BCUT2D eigenvalue weighted by atomic mass is 10.1. The first-order chi connectivity index (χ1) is 13.4. The lowest BCUT2D eigenvalue weighted by Gasteiger charge is -2.17. The van der Waals surface area contributed by atoms with E-state index in [0.29, 0.717) is 41.8 Å². The molecule has 2 amide bonds. The van der Waals surface area contributed by atoms with E-state index in [1.54, 1.807) is 24.3 Å². The Kier molecular flexibility index (Phi) is 6.91. The maximum Gasteiger partial charge on any atom is 0.293 e. The van der Waals surface area contributed by atoms with Gasteiger partial charge in [-0.25, -0.2) is 4.90 Å². The summed E-state index contributed by atoms with van der Waals surface area (Å²) in [6, 6.07) is 10.4. The van der Waals surface area contributed by atoms with E-state index < -0.39 is 5.25 Å². The summed E-state index contributed by atoms with van der Waals surface area (Å²) in [4.78, 5) is 26.6. The van der Waals surface area contributed by atoms with Crippen LogP contribution in [0.2, 0.25) is 5.02 Å². The van der Waals surface area contributed by atoms with Crippen molar-refractivity contribution in [2.45, 2.75) is 25.5 Å². The highest BCUT2D eigenvalue weighted by Gasteiger charge is 2.41. The fraction of sp³-hybridized carbons (Fsp3) is 0.300. The zero-order chi connectivity index (χ0) is 20.3. The second-order valence-corrected chi connectivity index (χ2v) is 8.43. The van der Waals surface area contributed by atoms with Crippen LogP contribution in [-0.4, -0.2) is 29.6 Å². The summed E-state index contributed by atoms with van der Waals surface area (Å²) in [6.45, 7) is 4.83. The van der Waals surface area contributed by atoms with Crippen molar-refractivity contribution in [3.63, 3.8) is 0 Å². The zero-order valence-electron chi connectivity index (χ0n) is 15.4.